The third-order valence-electron chi connectivity index (χ3n) is 3.27. The van der Waals surface area contributed by atoms with Crippen LogP contribution in [-0.4, -0.2) is 35.3 Å². The summed E-state index contributed by atoms with van der Waals surface area (Å²) < 4.78 is 5.44. The lowest BCUT2D eigenvalue weighted by molar-refractivity contribution is 0.0906. The Kier molecular flexibility index (Phi) is 5.22. The maximum Gasteiger partial charge on any atom is 0.267 e. The number of amides is 1. The van der Waals surface area contributed by atoms with E-state index in [-0.39, 0.29) is 12.5 Å². The summed E-state index contributed by atoms with van der Waals surface area (Å²) in [5.74, 6) is 0.566. The van der Waals surface area contributed by atoms with E-state index < -0.39 is 6.10 Å². The molecule has 2 aromatic rings. The lowest BCUT2D eigenvalue weighted by Crippen LogP contribution is -2.32. The number of carbonyl (C=O) groups is 1. The standard InChI is InChI=1S/C16H22N2O3/c1-3-5-12(19)10-17-16(20)15-8-11-6-7-13(21-4-2)9-14(11)18-15/h6-9,12,18-19H,3-5,10H2,1-2H3,(H,17,20). The molecule has 0 aliphatic heterocycles. The van der Waals surface area contributed by atoms with Crippen molar-refractivity contribution in [2.75, 3.05) is 13.2 Å². The number of hydrogen-bond acceptors (Lipinski definition) is 3. The molecule has 114 valence electrons. The highest BCUT2D eigenvalue weighted by Gasteiger charge is 2.11. The van der Waals surface area contributed by atoms with Gasteiger partial charge in [0, 0.05) is 23.5 Å². The number of rotatable bonds is 7. The van der Waals surface area contributed by atoms with Gasteiger partial charge >= 0.3 is 0 Å². The molecule has 5 heteroatoms. The van der Waals surface area contributed by atoms with E-state index in [4.69, 9.17) is 4.74 Å². The molecule has 0 aliphatic rings. The van der Waals surface area contributed by atoms with E-state index in [9.17, 15) is 9.90 Å². The Morgan fingerprint density at radius 2 is 2.19 bits per heavy atom. The number of nitrogens with one attached hydrogen (secondary N) is 2. The molecule has 0 saturated carbocycles. The van der Waals surface area contributed by atoms with Crippen molar-refractivity contribution < 1.29 is 14.6 Å². The Hall–Kier alpha value is -2.01. The van der Waals surface area contributed by atoms with E-state index in [2.05, 4.69) is 10.3 Å². The predicted octanol–water partition coefficient (Wildman–Crippen LogP) is 2.46. The molecule has 1 amide bonds. The second-order valence-electron chi connectivity index (χ2n) is 5.02. The quantitative estimate of drug-likeness (QED) is 0.733. The van der Waals surface area contributed by atoms with Gasteiger partial charge in [0.2, 0.25) is 0 Å². The number of H-pyrrole nitrogens is 1. The molecule has 5 nitrogen and oxygen atoms in total. The van der Waals surface area contributed by atoms with Gasteiger partial charge in [-0.25, -0.2) is 0 Å². The molecule has 0 bridgehead atoms. The van der Waals surface area contributed by atoms with Crippen LogP contribution in [0.2, 0.25) is 0 Å². The van der Waals surface area contributed by atoms with Gasteiger partial charge < -0.3 is 20.1 Å². The number of aromatic amines is 1. The normalized spacial score (nSPS) is 12.3. The molecule has 3 N–H and O–H groups in total. The van der Waals surface area contributed by atoms with Crippen molar-refractivity contribution in [3.8, 4) is 5.75 Å². The number of ether oxygens (including phenoxy) is 1. The molecular formula is C16H22N2O3. The van der Waals surface area contributed by atoms with E-state index in [1.54, 1.807) is 6.07 Å². The van der Waals surface area contributed by atoms with Crippen LogP contribution in [0, 0.1) is 0 Å². The van der Waals surface area contributed by atoms with Crippen molar-refractivity contribution in [3.63, 3.8) is 0 Å². The maximum atomic E-state index is 12.0. The Bertz CT molecular complexity index is 607. The minimum Gasteiger partial charge on any atom is -0.494 e. The van der Waals surface area contributed by atoms with E-state index in [1.165, 1.54) is 0 Å². The summed E-state index contributed by atoms with van der Waals surface area (Å²) in [4.78, 5) is 15.1. The van der Waals surface area contributed by atoms with Crippen LogP contribution in [0.5, 0.6) is 5.75 Å². The smallest absolute Gasteiger partial charge is 0.267 e. The van der Waals surface area contributed by atoms with Crippen molar-refractivity contribution in [3.05, 3.63) is 30.0 Å². The van der Waals surface area contributed by atoms with Crippen LogP contribution >= 0.6 is 0 Å². The summed E-state index contributed by atoms with van der Waals surface area (Å²) in [6.07, 6.45) is 1.09. The van der Waals surface area contributed by atoms with Crippen molar-refractivity contribution in [1.82, 2.24) is 10.3 Å². The first kappa shape index (κ1) is 15.4. The lowest BCUT2D eigenvalue weighted by Gasteiger charge is -2.09. The SMILES string of the molecule is CCCC(O)CNC(=O)c1cc2ccc(OCC)cc2[nH]1. The van der Waals surface area contributed by atoms with Gasteiger partial charge in [0.25, 0.3) is 5.91 Å². The van der Waals surface area contributed by atoms with Gasteiger partial charge in [0.15, 0.2) is 0 Å². The molecule has 1 aromatic carbocycles. The Balaban J connectivity index is 2.06. The highest BCUT2D eigenvalue weighted by Crippen LogP contribution is 2.21. The molecule has 2 rings (SSSR count). The van der Waals surface area contributed by atoms with E-state index >= 15 is 0 Å². The zero-order valence-corrected chi connectivity index (χ0v) is 12.5. The van der Waals surface area contributed by atoms with Gasteiger partial charge in [0.05, 0.1) is 12.7 Å². The molecule has 1 heterocycles. The van der Waals surface area contributed by atoms with E-state index in [0.717, 1.165) is 23.1 Å². The number of aliphatic hydroxyl groups excluding tert-OH is 1. The van der Waals surface area contributed by atoms with Crippen molar-refractivity contribution >= 4 is 16.8 Å². The van der Waals surface area contributed by atoms with Crippen LogP contribution in [-0.2, 0) is 0 Å². The van der Waals surface area contributed by atoms with Crippen LogP contribution in [0.25, 0.3) is 10.9 Å². The summed E-state index contributed by atoms with van der Waals surface area (Å²) in [6, 6.07) is 7.47. The zero-order chi connectivity index (χ0) is 15.2. The average molecular weight is 290 g/mol. The first-order valence-corrected chi connectivity index (χ1v) is 7.35. The van der Waals surface area contributed by atoms with Crippen molar-refractivity contribution in [2.45, 2.75) is 32.8 Å². The Labute approximate surface area is 124 Å². The molecule has 1 atom stereocenters. The number of benzene rings is 1. The van der Waals surface area contributed by atoms with Gasteiger partial charge in [-0.3, -0.25) is 4.79 Å². The van der Waals surface area contributed by atoms with Crippen LogP contribution in [0.1, 0.15) is 37.2 Å². The van der Waals surface area contributed by atoms with Gasteiger partial charge in [-0.15, -0.1) is 0 Å². The largest absolute Gasteiger partial charge is 0.494 e. The van der Waals surface area contributed by atoms with Crippen LogP contribution < -0.4 is 10.1 Å². The predicted molar refractivity (Wildman–Crippen MR) is 82.7 cm³/mol. The van der Waals surface area contributed by atoms with E-state index in [1.807, 2.05) is 32.0 Å². The Morgan fingerprint density at radius 3 is 2.90 bits per heavy atom. The summed E-state index contributed by atoms with van der Waals surface area (Å²) in [5.41, 5.74) is 1.35. The average Bonchev–Trinajstić information content (AvgIpc) is 2.88. The van der Waals surface area contributed by atoms with Crippen LogP contribution in [0.3, 0.4) is 0 Å². The second kappa shape index (κ2) is 7.13. The molecule has 21 heavy (non-hydrogen) atoms. The maximum absolute atomic E-state index is 12.0. The second-order valence-corrected chi connectivity index (χ2v) is 5.02. The molecule has 0 aliphatic carbocycles. The van der Waals surface area contributed by atoms with Gasteiger partial charge in [-0.2, -0.15) is 0 Å². The third-order valence-corrected chi connectivity index (χ3v) is 3.27. The first-order valence-electron chi connectivity index (χ1n) is 7.35. The summed E-state index contributed by atoms with van der Waals surface area (Å²) in [5, 5.41) is 13.3. The number of carbonyl (C=O) groups excluding carboxylic acids is 1. The molecule has 0 spiro atoms. The number of fused-ring (bicyclic) bond motifs is 1. The fraction of sp³-hybridized carbons (Fsp3) is 0.438. The van der Waals surface area contributed by atoms with Crippen molar-refractivity contribution in [2.24, 2.45) is 0 Å². The molecule has 0 radical (unpaired) electrons. The zero-order valence-electron chi connectivity index (χ0n) is 12.5. The number of aliphatic hydroxyl groups is 1. The van der Waals surface area contributed by atoms with Gasteiger partial charge in [0.1, 0.15) is 11.4 Å². The fourth-order valence-corrected chi connectivity index (χ4v) is 2.23. The summed E-state index contributed by atoms with van der Waals surface area (Å²) in [7, 11) is 0. The van der Waals surface area contributed by atoms with Crippen LogP contribution in [0.4, 0.5) is 0 Å². The fourth-order valence-electron chi connectivity index (χ4n) is 2.23. The highest BCUT2D eigenvalue weighted by molar-refractivity contribution is 5.98. The van der Waals surface area contributed by atoms with Gasteiger partial charge in [-0.05, 0) is 31.5 Å². The topological polar surface area (TPSA) is 74.3 Å². The van der Waals surface area contributed by atoms with E-state index in [0.29, 0.717) is 18.7 Å². The summed E-state index contributed by atoms with van der Waals surface area (Å²) >= 11 is 0. The third kappa shape index (κ3) is 3.98. The molecule has 0 saturated heterocycles. The van der Waals surface area contributed by atoms with Gasteiger partial charge in [-0.1, -0.05) is 13.3 Å². The Morgan fingerprint density at radius 1 is 1.38 bits per heavy atom. The number of hydrogen-bond donors (Lipinski definition) is 3. The lowest BCUT2D eigenvalue weighted by atomic mass is 10.2. The molecule has 0 fully saturated rings. The minimum atomic E-state index is -0.493. The minimum absolute atomic E-state index is 0.209. The van der Waals surface area contributed by atoms with Crippen molar-refractivity contribution in [1.29, 1.82) is 0 Å². The molecule has 1 aromatic heterocycles. The monoisotopic (exact) mass is 290 g/mol. The summed E-state index contributed by atoms with van der Waals surface area (Å²) in [6.45, 7) is 4.80. The molecular weight excluding hydrogens is 268 g/mol. The number of aromatic nitrogens is 1. The first-order chi connectivity index (χ1) is 10.1. The van der Waals surface area contributed by atoms with Crippen LogP contribution in [0.15, 0.2) is 24.3 Å². The highest BCUT2D eigenvalue weighted by atomic mass is 16.5. The molecule has 1 unspecified atom stereocenters.